The van der Waals surface area contributed by atoms with Gasteiger partial charge in [-0.15, -0.1) is 0 Å². The first kappa shape index (κ1) is 15.7. The number of Topliss-reactive ketones (excluding diaryl/α,β-unsaturated/α-hetero) is 1. The van der Waals surface area contributed by atoms with Gasteiger partial charge in [0.25, 0.3) is 0 Å². The zero-order chi connectivity index (χ0) is 14.6. The largest absolute Gasteiger partial charge is 0.382 e. The molecule has 2 aliphatic carbocycles. The van der Waals surface area contributed by atoms with Gasteiger partial charge in [-0.3, -0.25) is 4.79 Å². The fourth-order valence-electron chi connectivity index (χ4n) is 3.49. The summed E-state index contributed by atoms with van der Waals surface area (Å²) in [5, 5.41) is 0. The second kappa shape index (κ2) is 6.83. The number of carbonyl (C=O) groups excluding carboxylic acids is 1. The molecule has 0 N–H and O–H groups in total. The number of allylic oxidation sites excluding steroid dienone is 1. The fourth-order valence-corrected chi connectivity index (χ4v) is 3.49. The first-order valence-electron chi connectivity index (χ1n) is 7.51. The van der Waals surface area contributed by atoms with Crippen LogP contribution in [0.4, 0.5) is 0 Å². The molecule has 0 aliphatic heterocycles. The van der Waals surface area contributed by atoms with Gasteiger partial charge in [-0.25, -0.2) is 0 Å². The van der Waals surface area contributed by atoms with E-state index in [0.717, 1.165) is 24.8 Å². The Labute approximate surface area is 121 Å². The minimum absolute atomic E-state index is 0.146. The number of hydrogen-bond donors (Lipinski definition) is 0. The Hall–Kier alpha value is -0.710. The molecule has 1 saturated carbocycles. The van der Waals surface area contributed by atoms with Gasteiger partial charge in [-0.2, -0.15) is 0 Å². The zero-order valence-corrected chi connectivity index (χ0v) is 12.9. The van der Waals surface area contributed by atoms with E-state index in [4.69, 9.17) is 14.2 Å². The van der Waals surface area contributed by atoms with E-state index in [-0.39, 0.29) is 24.1 Å². The molecule has 0 heterocycles. The Bertz CT molecular complexity index is 388. The van der Waals surface area contributed by atoms with E-state index in [1.807, 2.05) is 6.92 Å². The van der Waals surface area contributed by atoms with Gasteiger partial charge in [0, 0.05) is 7.11 Å². The van der Waals surface area contributed by atoms with Crippen molar-refractivity contribution in [3.05, 3.63) is 11.1 Å². The Morgan fingerprint density at radius 2 is 2.10 bits per heavy atom. The molecule has 0 aromatic carbocycles. The quantitative estimate of drug-likeness (QED) is 0.555. The summed E-state index contributed by atoms with van der Waals surface area (Å²) in [4.78, 5) is 12.4. The van der Waals surface area contributed by atoms with Gasteiger partial charge in [0.15, 0.2) is 5.78 Å². The summed E-state index contributed by atoms with van der Waals surface area (Å²) in [5.41, 5.74) is 2.45. The lowest BCUT2D eigenvalue weighted by atomic mass is 9.63. The molecular formula is C16H26O4. The summed E-state index contributed by atoms with van der Waals surface area (Å²) in [6, 6.07) is 0. The topological polar surface area (TPSA) is 44.8 Å². The molecule has 2 aliphatic rings. The molecule has 0 aromatic heterocycles. The van der Waals surface area contributed by atoms with Gasteiger partial charge in [0.05, 0.1) is 13.2 Å². The van der Waals surface area contributed by atoms with Gasteiger partial charge in [0.1, 0.15) is 12.9 Å². The molecule has 4 nitrogen and oxygen atoms in total. The molecule has 20 heavy (non-hydrogen) atoms. The van der Waals surface area contributed by atoms with E-state index in [0.29, 0.717) is 13.2 Å². The van der Waals surface area contributed by atoms with Crippen molar-refractivity contribution in [1.82, 2.24) is 0 Å². The van der Waals surface area contributed by atoms with Crippen molar-refractivity contribution in [1.29, 1.82) is 0 Å². The maximum absolute atomic E-state index is 12.4. The number of methoxy groups -OCH3 is 1. The molecule has 0 radical (unpaired) electrons. The van der Waals surface area contributed by atoms with E-state index >= 15 is 0 Å². The van der Waals surface area contributed by atoms with Gasteiger partial charge in [-0.1, -0.05) is 18.9 Å². The van der Waals surface area contributed by atoms with Crippen molar-refractivity contribution in [2.24, 2.45) is 5.41 Å². The Kier molecular flexibility index (Phi) is 5.35. The summed E-state index contributed by atoms with van der Waals surface area (Å²) < 4.78 is 15.9. The van der Waals surface area contributed by atoms with Crippen LogP contribution in [-0.4, -0.2) is 39.0 Å². The number of ketones is 1. The summed E-state index contributed by atoms with van der Waals surface area (Å²) in [6.07, 6.45) is 5.15. The highest BCUT2D eigenvalue weighted by Crippen LogP contribution is 2.49. The van der Waals surface area contributed by atoms with Gasteiger partial charge in [-0.05, 0) is 43.6 Å². The minimum atomic E-state index is -0.343. The summed E-state index contributed by atoms with van der Waals surface area (Å²) in [6.45, 7) is 5.44. The van der Waals surface area contributed by atoms with Gasteiger partial charge in [0.2, 0.25) is 0 Å². The average Bonchev–Trinajstić information content (AvgIpc) is 2.43. The lowest BCUT2D eigenvalue weighted by Gasteiger charge is -2.43. The highest BCUT2D eigenvalue weighted by atomic mass is 16.7. The number of hydrogen-bond acceptors (Lipinski definition) is 4. The van der Waals surface area contributed by atoms with Crippen molar-refractivity contribution in [3.8, 4) is 0 Å². The standard InChI is InChI=1S/C16H26O4/c1-12-13-6-4-5-7-16(13,2)10-14(15(12)17)20-11-19-9-8-18-3/h14H,4-11H2,1-3H3/t14-,16+/m1/s1. The molecule has 2 rings (SSSR count). The molecule has 4 heteroatoms. The Morgan fingerprint density at radius 1 is 1.30 bits per heavy atom. The van der Waals surface area contributed by atoms with Crippen LogP contribution in [0.25, 0.3) is 0 Å². The molecule has 0 spiro atoms. The van der Waals surface area contributed by atoms with Crippen molar-refractivity contribution >= 4 is 5.78 Å². The monoisotopic (exact) mass is 282 g/mol. The van der Waals surface area contributed by atoms with Gasteiger partial charge < -0.3 is 14.2 Å². The van der Waals surface area contributed by atoms with Crippen LogP contribution in [0, 0.1) is 5.41 Å². The molecule has 114 valence electrons. The predicted octanol–water partition coefficient (Wildman–Crippen LogP) is 2.86. The normalized spacial score (nSPS) is 30.6. The van der Waals surface area contributed by atoms with Crippen LogP contribution in [0.1, 0.15) is 46.0 Å². The first-order valence-corrected chi connectivity index (χ1v) is 7.51. The zero-order valence-electron chi connectivity index (χ0n) is 12.9. The smallest absolute Gasteiger partial charge is 0.187 e. The molecule has 0 aromatic rings. The molecule has 2 atom stereocenters. The van der Waals surface area contributed by atoms with E-state index in [1.54, 1.807) is 7.11 Å². The second-order valence-corrected chi connectivity index (χ2v) is 6.11. The predicted molar refractivity (Wildman–Crippen MR) is 76.5 cm³/mol. The molecule has 0 bridgehead atoms. The van der Waals surface area contributed by atoms with Crippen molar-refractivity contribution in [2.75, 3.05) is 27.1 Å². The highest BCUT2D eigenvalue weighted by molar-refractivity contribution is 6.00. The third-order valence-electron chi connectivity index (χ3n) is 4.67. The molecular weight excluding hydrogens is 256 g/mol. The van der Waals surface area contributed by atoms with E-state index < -0.39 is 0 Å². The second-order valence-electron chi connectivity index (χ2n) is 6.11. The van der Waals surface area contributed by atoms with Crippen LogP contribution in [-0.2, 0) is 19.0 Å². The third-order valence-corrected chi connectivity index (χ3v) is 4.67. The van der Waals surface area contributed by atoms with Crippen molar-refractivity contribution in [2.45, 2.75) is 52.1 Å². The van der Waals surface area contributed by atoms with Crippen molar-refractivity contribution < 1.29 is 19.0 Å². The highest BCUT2D eigenvalue weighted by Gasteiger charge is 2.42. The number of carbonyl (C=O) groups is 1. The number of ether oxygens (including phenoxy) is 3. The average molecular weight is 282 g/mol. The maximum atomic E-state index is 12.4. The number of fused-ring (bicyclic) bond motifs is 1. The number of rotatable bonds is 6. The Morgan fingerprint density at radius 3 is 2.85 bits per heavy atom. The van der Waals surface area contributed by atoms with Crippen LogP contribution in [0.2, 0.25) is 0 Å². The van der Waals surface area contributed by atoms with Crippen molar-refractivity contribution in [3.63, 3.8) is 0 Å². The first-order chi connectivity index (χ1) is 9.58. The molecule has 0 saturated heterocycles. The molecule has 1 fully saturated rings. The molecule has 0 unspecified atom stereocenters. The summed E-state index contributed by atoms with van der Waals surface area (Å²) >= 11 is 0. The van der Waals surface area contributed by atoms with E-state index in [1.165, 1.54) is 18.4 Å². The maximum Gasteiger partial charge on any atom is 0.187 e. The van der Waals surface area contributed by atoms with Crippen LogP contribution in [0.3, 0.4) is 0 Å². The third kappa shape index (κ3) is 3.30. The summed E-state index contributed by atoms with van der Waals surface area (Å²) in [7, 11) is 1.63. The Balaban J connectivity index is 1.95. The lowest BCUT2D eigenvalue weighted by molar-refractivity contribution is -0.145. The fraction of sp³-hybridized carbons (Fsp3) is 0.812. The van der Waals surface area contributed by atoms with Gasteiger partial charge >= 0.3 is 0 Å². The minimum Gasteiger partial charge on any atom is -0.382 e. The van der Waals surface area contributed by atoms with Crippen LogP contribution >= 0.6 is 0 Å². The lowest BCUT2D eigenvalue weighted by Crippen LogP contribution is -2.41. The molecule has 0 amide bonds. The van der Waals surface area contributed by atoms with Crippen LogP contribution in [0.5, 0.6) is 0 Å². The van der Waals surface area contributed by atoms with Crippen LogP contribution in [0.15, 0.2) is 11.1 Å². The van der Waals surface area contributed by atoms with E-state index in [9.17, 15) is 4.79 Å². The SMILES string of the molecule is COCCOCO[C@@H]1C[C@]2(C)CCCCC2=C(C)C1=O. The van der Waals surface area contributed by atoms with E-state index in [2.05, 4.69) is 6.92 Å². The van der Waals surface area contributed by atoms with Crippen LogP contribution < -0.4 is 0 Å². The summed E-state index contributed by atoms with van der Waals surface area (Å²) in [5.74, 6) is 0.148.